The zero-order chi connectivity index (χ0) is 12.8. The largest absolute Gasteiger partial charge is 0.493 e. The van der Waals surface area contributed by atoms with Crippen LogP contribution in [0.4, 0.5) is 5.69 Å². The molecule has 0 bridgehead atoms. The standard InChI is InChI=1S/C13H21NO3/c1-9(2)11(15)8-14-10-5-6-12(16-3)13(7-10)17-4/h5-7,9,11,14-15H,8H2,1-4H3. The second kappa shape index (κ2) is 6.35. The molecule has 0 heterocycles. The summed E-state index contributed by atoms with van der Waals surface area (Å²) < 4.78 is 10.4. The van der Waals surface area contributed by atoms with E-state index in [4.69, 9.17) is 9.47 Å². The summed E-state index contributed by atoms with van der Waals surface area (Å²) in [5.41, 5.74) is 0.905. The van der Waals surface area contributed by atoms with Crippen molar-refractivity contribution < 1.29 is 14.6 Å². The minimum absolute atomic E-state index is 0.239. The first-order valence-corrected chi connectivity index (χ1v) is 5.72. The van der Waals surface area contributed by atoms with Crippen LogP contribution < -0.4 is 14.8 Å². The Bertz CT molecular complexity index is 353. The van der Waals surface area contributed by atoms with E-state index < -0.39 is 0 Å². The van der Waals surface area contributed by atoms with Crippen LogP contribution in [0.3, 0.4) is 0 Å². The zero-order valence-electron chi connectivity index (χ0n) is 10.9. The number of anilines is 1. The second-order valence-corrected chi connectivity index (χ2v) is 4.26. The van der Waals surface area contributed by atoms with Crippen molar-refractivity contribution in [2.75, 3.05) is 26.1 Å². The number of nitrogens with one attached hydrogen (secondary N) is 1. The molecule has 1 unspecified atom stereocenters. The van der Waals surface area contributed by atoms with Crippen LogP contribution in [0, 0.1) is 5.92 Å². The van der Waals surface area contributed by atoms with Gasteiger partial charge in [0.2, 0.25) is 0 Å². The third-order valence-electron chi connectivity index (χ3n) is 2.67. The first kappa shape index (κ1) is 13.6. The number of hydrogen-bond donors (Lipinski definition) is 2. The average molecular weight is 239 g/mol. The van der Waals surface area contributed by atoms with Gasteiger partial charge in [0.05, 0.1) is 20.3 Å². The minimum atomic E-state index is -0.358. The second-order valence-electron chi connectivity index (χ2n) is 4.26. The van der Waals surface area contributed by atoms with Crippen molar-refractivity contribution in [1.29, 1.82) is 0 Å². The van der Waals surface area contributed by atoms with Crippen LogP contribution in [-0.2, 0) is 0 Å². The molecule has 0 spiro atoms. The lowest BCUT2D eigenvalue weighted by Crippen LogP contribution is -2.24. The molecule has 4 nitrogen and oxygen atoms in total. The van der Waals surface area contributed by atoms with E-state index in [1.54, 1.807) is 14.2 Å². The van der Waals surface area contributed by atoms with Crippen LogP contribution in [-0.4, -0.2) is 32.0 Å². The molecule has 0 aliphatic carbocycles. The maximum absolute atomic E-state index is 9.70. The Labute approximate surface area is 103 Å². The molecule has 17 heavy (non-hydrogen) atoms. The monoisotopic (exact) mass is 239 g/mol. The molecule has 1 rings (SSSR count). The molecule has 0 aliphatic heterocycles. The highest BCUT2D eigenvalue weighted by molar-refractivity contribution is 5.54. The molecule has 1 atom stereocenters. The normalized spacial score (nSPS) is 12.4. The van der Waals surface area contributed by atoms with Gasteiger partial charge in [0.15, 0.2) is 11.5 Å². The van der Waals surface area contributed by atoms with Gasteiger partial charge in [-0.15, -0.1) is 0 Å². The lowest BCUT2D eigenvalue weighted by molar-refractivity contribution is 0.138. The van der Waals surface area contributed by atoms with E-state index in [1.807, 2.05) is 32.0 Å². The van der Waals surface area contributed by atoms with Crippen LogP contribution in [0.5, 0.6) is 11.5 Å². The van der Waals surface area contributed by atoms with Crippen molar-refractivity contribution in [3.63, 3.8) is 0 Å². The fourth-order valence-corrected chi connectivity index (χ4v) is 1.40. The molecule has 0 aromatic heterocycles. The molecule has 0 saturated heterocycles. The molecule has 4 heteroatoms. The average Bonchev–Trinajstić information content (AvgIpc) is 2.35. The van der Waals surface area contributed by atoms with Gasteiger partial charge in [0, 0.05) is 18.3 Å². The molecule has 0 aliphatic rings. The molecule has 0 saturated carbocycles. The van der Waals surface area contributed by atoms with Gasteiger partial charge in [-0.05, 0) is 18.1 Å². The minimum Gasteiger partial charge on any atom is -0.493 e. The SMILES string of the molecule is COc1ccc(NCC(O)C(C)C)cc1OC. The molecule has 0 fully saturated rings. The highest BCUT2D eigenvalue weighted by atomic mass is 16.5. The van der Waals surface area contributed by atoms with Gasteiger partial charge in [0.1, 0.15) is 0 Å². The Morgan fingerprint density at radius 3 is 2.35 bits per heavy atom. The Hall–Kier alpha value is -1.42. The Balaban J connectivity index is 2.66. The quantitative estimate of drug-likeness (QED) is 0.798. The van der Waals surface area contributed by atoms with Crippen molar-refractivity contribution in [2.45, 2.75) is 20.0 Å². The van der Waals surface area contributed by atoms with Crippen LogP contribution in [0.15, 0.2) is 18.2 Å². The summed E-state index contributed by atoms with van der Waals surface area (Å²) in [4.78, 5) is 0. The van der Waals surface area contributed by atoms with E-state index in [0.717, 1.165) is 5.69 Å². The van der Waals surface area contributed by atoms with Gasteiger partial charge in [0.25, 0.3) is 0 Å². The van der Waals surface area contributed by atoms with Crippen molar-refractivity contribution in [1.82, 2.24) is 0 Å². The van der Waals surface area contributed by atoms with Gasteiger partial charge in [-0.3, -0.25) is 0 Å². The Morgan fingerprint density at radius 2 is 1.82 bits per heavy atom. The first-order chi connectivity index (χ1) is 8.08. The first-order valence-electron chi connectivity index (χ1n) is 5.72. The van der Waals surface area contributed by atoms with Crippen LogP contribution >= 0.6 is 0 Å². The van der Waals surface area contributed by atoms with Crippen molar-refractivity contribution in [3.05, 3.63) is 18.2 Å². The number of hydrogen-bond acceptors (Lipinski definition) is 4. The predicted octanol–water partition coefficient (Wildman–Crippen LogP) is 2.13. The maximum atomic E-state index is 9.70. The number of aliphatic hydroxyl groups excluding tert-OH is 1. The smallest absolute Gasteiger partial charge is 0.162 e. The van der Waals surface area contributed by atoms with E-state index >= 15 is 0 Å². The molecular weight excluding hydrogens is 218 g/mol. The lowest BCUT2D eigenvalue weighted by atomic mass is 10.1. The van der Waals surface area contributed by atoms with Crippen molar-refractivity contribution in [2.24, 2.45) is 5.92 Å². The number of aliphatic hydroxyl groups is 1. The highest BCUT2D eigenvalue weighted by Crippen LogP contribution is 2.29. The van der Waals surface area contributed by atoms with Crippen LogP contribution in [0.1, 0.15) is 13.8 Å². The van der Waals surface area contributed by atoms with Crippen molar-refractivity contribution >= 4 is 5.69 Å². The van der Waals surface area contributed by atoms with Gasteiger partial charge in [-0.2, -0.15) is 0 Å². The third kappa shape index (κ3) is 3.82. The van der Waals surface area contributed by atoms with Gasteiger partial charge in [-0.25, -0.2) is 0 Å². The molecular formula is C13H21NO3. The molecule has 96 valence electrons. The van der Waals surface area contributed by atoms with Crippen molar-refractivity contribution in [3.8, 4) is 11.5 Å². The molecule has 1 aromatic carbocycles. The Morgan fingerprint density at radius 1 is 1.18 bits per heavy atom. The predicted molar refractivity (Wildman–Crippen MR) is 68.9 cm³/mol. The number of methoxy groups -OCH3 is 2. The van der Waals surface area contributed by atoms with E-state index in [1.165, 1.54) is 0 Å². The van der Waals surface area contributed by atoms with Gasteiger partial charge >= 0.3 is 0 Å². The summed E-state index contributed by atoms with van der Waals surface area (Å²) >= 11 is 0. The molecule has 2 N–H and O–H groups in total. The van der Waals surface area contributed by atoms with E-state index in [0.29, 0.717) is 18.0 Å². The summed E-state index contributed by atoms with van der Waals surface area (Å²) in [6.45, 7) is 4.50. The van der Waals surface area contributed by atoms with Crippen LogP contribution in [0.2, 0.25) is 0 Å². The number of ether oxygens (including phenoxy) is 2. The number of rotatable bonds is 6. The Kier molecular flexibility index (Phi) is 5.10. The number of benzene rings is 1. The molecule has 0 radical (unpaired) electrons. The third-order valence-corrected chi connectivity index (χ3v) is 2.67. The van der Waals surface area contributed by atoms with E-state index in [2.05, 4.69) is 5.32 Å². The fraction of sp³-hybridized carbons (Fsp3) is 0.538. The summed E-state index contributed by atoms with van der Waals surface area (Å²) in [5, 5.41) is 12.9. The van der Waals surface area contributed by atoms with E-state index in [9.17, 15) is 5.11 Å². The van der Waals surface area contributed by atoms with Crippen LogP contribution in [0.25, 0.3) is 0 Å². The van der Waals surface area contributed by atoms with Gasteiger partial charge in [-0.1, -0.05) is 13.8 Å². The zero-order valence-corrected chi connectivity index (χ0v) is 10.9. The lowest BCUT2D eigenvalue weighted by Gasteiger charge is -2.16. The summed E-state index contributed by atoms with van der Waals surface area (Å²) in [7, 11) is 3.21. The maximum Gasteiger partial charge on any atom is 0.162 e. The summed E-state index contributed by atoms with van der Waals surface area (Å²) in [6, 6.07) is 5.59. The summed E-state index contributed by atoms with van der Waals surface area (Å²) in [6.07, 6.45) is -0.358. The highest BCUT2D eigenvalue weighted by Gasteiger charge is 2.09. The fourth-order valence-electron chi connectivity index (χ4n) is 1.40. The topological polar surface area (TPSA) is 50.7 Å². The molecule has 0 amide bonds. The molecule has 1 aromatic rings. The van der Waals surface area contributed by atoms with Gasteiger partial charge < -0.3 is 19.9 Å². The summed E-state index contributed by atoms with van der Waals surface area (Å²) in [5.74, 6) is 1.61. The van der Waals surface area contributed by atoms with E-state index in [-0.39, 0.29) is 12.0 Å².